The molecular formula is C24H30F3N2O5+. The Morgan fingerprint density at radius 1 is 1.21 bits per heavy atom. The summed E-state index contributed by atoms with van der Waals surface area (Å²) in [5.74, 6) is -1.65. The molecule has 1 amide bonds. The molecule has 0 aromatic heterocycles. The molecule has 34 heavy (non-hydrogen) atoms. The number of aliphatic hydroxyl groups is 1. The number of quaternary nitrogens is 1. The fourth-order valence-corrected chi connectivity index (χ4v) is 4.90. The Labute approximate surface area is 196 Å². The van der Waals surface area contributed by atoms with Gasteiger partial charge in [0.2, 0.25) is 11.7 Å². The van der Waals surface area contributed by atoms with E-state index in [4.69, 9.17) is 9.84 Å². The molecule has 2 aliphatic rings. The number of hydrogen-bond acceptors (Lipinski definition) is 5. The number of likely N-dealkylation sites (N-methyl/N-ethyl adjacent to an activating group) is 1. The van der Waals surface area contributed by atoms with Crippen LogP contribution >= 0.6 is 0 Å². The number of carbonyl (C=O) groups excluding carboxylic acids is 3. The van der Waals surface area contributed by atoms with Crippen molar-refractivity contribution in [3.8, 4) is 0 Å². The van der Waals surface area contributed by atoms with Gasteiger partial charge in [-0.05, 0) is 12.0 Å². The summed E-state index contributed by atoms with van der Waals surface area (Å²) < 4.78 is 43.1. The standard InChI is InChI=1S/C24H30F3N2O5/c1-3-16-6-4-5-7-18(16)20(31)12-19-23(33)21(34-15-24(25,26)27)13-29(19,2)17-8-10-28(11-9-17)22(32)14-30/h4-7,13,17,19,30H,3,8-12,14-15H2,1-2H3/q+1. The highest BCUT2D eigenvalue weighted by atomic mass is 19.4. The number of aryl methyl sites for hydroxylation is 1. The van der Waals surface area contributed by atoms with Crippen molar-refractivity contribution in [2.75, 3.05) is 33.4 Å². The first kappa shape index (κ1) is 25.9. The molecule has 0 saturated carbocycles. The normalized spacial score (nSPS) is 23.7. The molecule has 0 spiro atoms. The minimum absolute atomic E-state index is 0.0623. The predicted molar refractivity (Wildman–Crippen MR) is 117 cm³/mol. The second-order valence-corrected chi connectivity index (χ2v) is 8.91. The Morgan fingerprint density at radius 2 is 1.85 bits per heavy atom. The number of Topliss-reactive ketones (excluding diaryl/α,β-unsaturated/α-hetero) is 2. The number of ether oxygens (including phenoxy) is 1. The number of benzene rings is 1. The van der Waals surface area contributed by atoms with Crippen molar-refractivity contribution in [3.05, 3.63) is 47.4 Å². The van der Waals surface area contributed by atoms with Crippen molar-refractivity contribution in [1.82, 2.24) is 4.90 Å². The minimum atomic E-state index is -4.60. The summed E-state index contributed by atoms with van der Waals surface area (Å²) in [4.78, 5) is 39.7. The lowest BCUT2D eigenvalue weighted by Crippen LogP contribution is -2.59. The molecule has 0 radical (unpaired) electrons. The zero-order valence-corrected chi connectivity index (χ0v) is 19.3. The number of nitrogens with zero attached hydrogens (tertiary/aromatic N) is 2. The molecule has 186 valence electrons. The topological polar surface area (TPSA) is 83.9 Å². The molecule has 1 aromatic rings. The molecule has 2 unspecified atom stereocenters. The van der Waals surface area contributed by atoms with E-state index in [0.29, 0.717) is 37.9 Å². The van der Waals surface area contributed by atoms with Crippen LogP contribution in [0.4, 0.5) is 13.2 Å². The van der Waals surface area contributed by atoms with Crippen LogP contribution in [0.3, 0.4) is 0 Å². The second-order valence-electron chi connectivity index (χ2n) is 8.91. The summed E-state index contributed by atoms with van der Waals surface area (Å²) in [5.41, 5.74) is 1.34. The SMILES string of the molecule is CCc1ccccc1C(=O)CC1C(=O)C(OCC(F)(F)F)=C[N+]1(C)C1CCN(C(=O)CO)CC1. The molecule has 2 atom stereocenters. The highest BCUT2D eigenvalue weighted by Gasteiger charge is 2.53. The van der Waals surface area contributed by atoms with E-state index < -0.39 is 37.1 Å². The largest absolute Gasteiger partial charge is 0.476 e. The van der Waals surface area contributed by atoms with Gasteiger partial charge in [0.05, 0.1) is 19.5 Å². The van der Waals surface area contributed by atoms with E-state index in [0.717, 1.165) is 5.56 Å². The molecule has 1 saturated heterocycles. The Kier molecular flexibility index (Phi) is 7.82. The van der Waals surface area contributed by atoms with Gasteiger partial charge in [-0.15, -0.1) is 0 Å². The lowest BCUT2D eigenvalue weighted by atomic mass is 9.93. The smallest absolute Gasteiger partial charge is 0.422 e. The maximum Gasteiger partial charge on any atom is 0.422 e. The van der Waals surface area contributed by atoms with E-state index in [-0.39, 0.29) is 28.5 Å². The summed E-state index contributed by atoms with van der Waals surface area (Å²) in [7, 11) is 1.72. The molecule has 0 bridgehead atoms. The van der Waals surface area contributed by atoms with Gasteiger partial charge in [0.15, 0.2) is 18.4 Å². The molecule has 2 heterocycles. The van der Waals surface area contributed by atoms with Gasteiger partial charge in [0.1, 0.15) is 12.8 Å². The third-order valence-corrected chi connectivity index (χ3v) is 6.82. The fourth-order valence-electron chi connectivity index (χ4n) is 4.90. The second kappa shape index (κ2) is 10.3. The number of rotatable bonds is 8. The van der Waals surface area contributed by atoms with Gasteiger partial charge in [0, 0.05) is 31.5 Å². The van der Waals surface area contributed by atoms with Crippen molar-refractivity contribution >= 4 is 17.5 Å². The zero-order valence-electron chi connectivity index (χ0n) is 19.3. The van der Waals surface area contributed by atoms with Crippen molar-refractivity contribution in [1.29, 1.82) is 0 Å². The molecule has 1 aromatic carbocycles. The van der Waals surface area contributed by atoms with Crippen LogP contribution < -0.4 is 0 Å². The van der Waals surface area contributed by atoms with Crippen molar-refractivity contribution in [3.63, 3.8) is 0 Å². The predicted octanol–water partition coefficient (Wildman–Crippen LogP) is 2.62. The first-order chi connectivity index (χ1) is 16.0. The van der Waals surface area contributed by atoms with Gasteiger partial charge >= 0.3 is 6.18 Å². The molecule has 10 heteroatoms. The number of alkyl halides is 3. The van der Waals surface area contributed by atoms with Crippen LogP contribution in [-0.2, 0) is 20.7 Å². The van der Waals surface area contributed by atoms with Crippen molar-refractivity contribution in [2.45, 2.75) is 50.9 Å². The minimum Gasteiger partial charge on any atom is -0.476 e. The maximum atomic E-state index is 13.2. The van der Waals surface area contributed by atoms with Crippen molar-refractivity contribution in [2.24, 2.45) is 0 Å². The number of carbonyl (C=O) groups is 3. The Morgan fingerprint density at radius 3 is 2.44 bits per heavy atom. The lowest BCUT2D eigenvalue weighted by Gasteiger charge is -2.43. The number of aliphatic hydroxyl groups excluding tert-OH is 1. The Hall–Kier alpha value is -2.72. The van der Waals surface area contributed by atoms with Crippen LogP contribution in [0.25, 0.3) is 0 Å². The van der Waals surface area contributed by atoms with E-state index in [1.54, 1.807) is 19.2 Å². The molecular weight excluding hydrogens is 453 g/mol. The Bertz CT molecular complexity index is 970. The number of halogens is 3. The van der Waals surface area contributed by atoms with Gasteiger partial charge in [-0.3, -0.25) is 18.9 Å². The number of ketones is 2. The van der Waals surface area contributed by atoms with Crippen LogP contribution in [0.15, 0.2) is 36.2 Å². The van der Waals surface area contributed by atoms with E-state index in [2.05, 4.69) is 0 Å². The highest BCUT2D eigenvalue weighted by molar-refractivity contribution is 6.05. The average Bonchev–Trinajstić information content (AvgIpc) is 3.07. The van der Waals surface area contributed by atoms with Crippen LogP contribution in [-0.4, -0.2) is 83.6 Å². The molecule has 1 N–H and O–H groups in total. The fraction of sp³-hybridized carbons (Fsp3) is 0.542. The molecule has 2 aliphatic heterocycles. The molecule has 0 aliphatic carbocycles. The van der Waals surface area contributed by atoms with E-state index in [9.17, 15) is 27.6 Å². The third-order valence-electron chi connectivity index (χ3n) is 6.82. The summed E-state index contributed by atoms with van der Waals surface area (Å²) >= 11 is 0. The molecule has 1 fully saturated rings. The first-order valence-corrected chi connectivity index (χ1v) is 11.3. The van der Waals surface area contributed by atoms with Crippen LogP contribution in [0, 0.1) is 0 Å². The van der Waals surface area contributed by atoms with Crippen LogP contribution in [0.5, 0.6) is 0 Å². The van der Waals surface area contributed by atoms with Gasteiger partial charge in [-0.1, -0.05) is 31.2 Å². The van der Waals surface area contributed by atoms with E-state index in [1.807, 2.05) is 19.1 Å². The Balaban J connectivity index is 1.87. The van der Waals surface area contributed by atoms with Crippen LogP contribution in [0.1, 0.15) is 42.1 Å². The maximum absolute atomic E-state index is 13.2. The van der Waals surface area contributed by atoms with Gasteiger partial charge < -0.3 is 14.7 Å². The summed E-state index contributed by atoms with van der Waals surface area (Å²) in [6, 6.07) is 5.95. The van der Waals surface area contributed by atoms with Gasteiger partial charge in [0.25, 0.3) is 5.78 Å². The summed E-state index contributed by atoms with van der Waals surface area (Å²) in [6.07, 6.45) is -1.82. The zero-order chi connectivity index (χ0) is 25.1. The number of hydrogen-bond donors (Lipinski definition) is 1. The average molecular weight is 484 g/mol. The molecule has 7 nitrogen and oxygen atoms in total. The summed E-state index contributed by atoms with van der Waals surface area (Å²) in [5, 5.41) is 9.11. The molecule has 3 rings (SSSR count). The monoisotopic (exact) mass is 483 g/mol. The van der Waals surface area contributed by atoms with Crippen molar-refractivity contribution < 1.29 is 41.9 Å². The number of amides is 1. The number of piperidine rings is 1. The van der Waals surface area contributed by atoms with Gasteiger partial charge in [-0.25, -0.2) is 0 Å². The van der Waals surface area contributed by atoms with E-state index >= 15 is 0 Å². The lowest BCUT2D eigenvalue weighted by molar-refractivity contribution is -0.898. The quantitative estimate of drug-likeness (QED) is 0.454. The number of likely N-dealkylation sites (tertiary alicyclic amines) is 1. The highest BCUT2D eigenvalue weighted by Crippen LogP contribution is 2.36. The first-order valence-electron chi connectivity index (χ1n) is 11.3. The third kappa shape index (κ3) is 5.50. The van der Waals surface area contributed by atoms with E-state index in [1.165, 1.54) is 11.1 Å². The van der Waals surface area contributed by atoms with Gasteiger partial charge in [-0.2, -0.15) is 13.2 Å². The van der Waals surface area contributed by atoms with Crippen LogP contribution in [0.2, 0.25) is 0 Å². The summed E-state index contributed by atoms with van der Waals surface area (Å²) in [6.45, 7) is 0.418.